The summed E-state index contributed by atoms with van der Waals surface area (Å²) in [5, 5.41) is 18.2. The van der Waals surface area contributed by atoms with Crippen LogP contribution in [-0.2, 0) is 4.84 Å². The topological polar surface area (TPSA) is 57.0 Å². The average Bonchev–Trinajstić information content (AvgIpc) is 3.05. The first-order chi connectivity index (χ1) is 9.09. The van der Waals surface area contributed by atoms with Crippen molar-refractivity contribution in [2.24, 2.45) is 46.8 Å². The summed E-state index contributed by atoms with van der Waals surface area (Å²) in [5.41, 5.74) is 0.430. The SMILES string of the molecule is [O-][NH+](O)OCC[C@@]12[C@H]3[C@@H](I)[C@H]4[C@H]5C[C@H]([C@@H]([C@H]53)[C@H]1I)[C@@H]42. The first-order valence-corrected chi connectivity index (χ1v) is 9.72. The van der Waals surface area contributed by atoms with Gasteiger partial charge in [0.05, 0.1) is 0 Å². The quantitative estimate of drug-likeness (QED) is 0.358. The minimum Gasteiger partial charge on any atom is -0.566 e. The third kappa shape index (κ3) is 1.17. The molecule has 106 valence electrons. The lowest BCUT2D eigenvalue weighted by Crippen LogP contribution is -3.03. The first-order valence-electron chi connectivity index (χ1n) is 7.23. The Morgan fingerprint density at radius 3 is 2.74 bits per heavy atom. The molecule has 6 fully saturated rings. The summed E-state index contributed by atoms with van der Waals surface area (Å²) in [6, 6.07) is 0. The molecular formula is C13H17I2NO3. The molecule has 6 saturated carbocycles. The second-order valence-corrected chi connectivity index (χ2v) is 9.95. The molecule has 0 aromatic heterocycles. The van der Waals surface area contributed by atoms with Gasteiger partial charge in [-0.2, -0.15) is 10.0 Å². The number of rotatable bonds is 4. The van der Waals surface area contributed by atoms with E-state index in [1.54, 1.807) is 0 Å². The van der Waals surface area contributed by atoms with Crippen molar-refractivity contribution in [2.75, 3.05) is 6.61 Å². The third-order valence-corrected chi connectivity index (χ3v) is 10.9. The Hall–Kier alpha value is 1.30. The van der Waals surface area contributed by atoms with E-state index in [-0.39, 0.29) is 0 Å². The lowest BCUT2D eigenvalue weighted by atomic mass is 9.62. The van der Waals surface area contributed by atoms with Crippen LogP contribution >= 0.6 is 45.2 Å². The summed E-state index contributed by atoms with van der Waals surface area (Å²) in [7, 11) is 0. The molecule has 6 rings (SSSR count). The zero-order chi connectivity index (χ0) is 13.1. The Labute approximate surface area is 139 Å². The van der Waals surface area contributed by atoms with Crippen molar-refractivity contribution in [3.8, 4) is 0 Å². The number of hydrogen-bond donors (Lipinski definition) is 2. The summed E-state index contributed by atoms with van der Waals surface area (Å²) in [4.78, 5) is 4.87. The zero-order valence-electron chi connectivity index (χ0n) is 10.3. The summed E-state index contributed by atoms with van der Waals surface area (Å²) in [6.45, 7) is 0.411. The Morgan fingerprint density at radius 2 is 2.00 bits per heavy atom. The number of alkyl halides is 2. The molecule has 1 unspecified atom stereocenters. The fraction of sp³-hybridized carbons (Fsp3) is 1.00. The minimum absolute atomic E-state index is 0.411. The lowest BCUT2D eigenvalue weighted by molar-refractivity contribution is -1.21. The Kier molecular flexibility index (Phi) is 2.55. The van der Waals surface area contributed by atoms with Crippen LogP contribution in [0.1, 0.15) is 12.8 Å². The molecule has 0 aliphatic heterocycles. The van der Waals surface area contributed by atoms with Gasteiger partial charge in [-0.3, -0.25) is 0 Å². The van der Waals surface area contributed by atoms with Crippen LogP contribution in [0.3, 0.4) is 0 Å². The van der Waals surface area contributed by atoms with Gasteiger partial charge in [-0.25, -0.2) is 0 Å². The number of hydrogen-bond acceptors (Lipinski definition) is 3. The molecule has 0 saturated heterocycles. The molecular weight excluding hydrogens is 472 g/mol. The molecule has 0 aromatic carbocycles. The van der Waals surface area contributed by atoms with Crippen LogP contribution in [0.4, 0.5) is 0 Å². The lowest BCUT2D eigenvalue weighted by Gasteiger charge is -2.42. The van der Waals surface area contributed by atoms with Gasteiger partial charge in [0.1, 0.15) is 6.61 Å². The van der Waals surface area contributed by atoms with Gasteiger partial charge in [0.2, 0.25) is 0 Å². The van der Waals surface area contributed by atoms with E-state index in [0.29, 0.717) is 12.0 Å². The molecule has 19 heavy (non-hydrogen) atoms. The maximum Gasteiger partial charge on any atom is 0.111 e. The molecule has 0 aromatic rings. The zero-order valence-corrected chi connectivity index (χ0v) is 14.7. The summed E-state index contributed by atoms with van der Waals surface area (Å²) < 4.78 is 1.64. The first kappa shape index (κ1) is 12.8. The minimum atomic E-state index is -1.11. The van der Waals surface area contributed by atoms with Gasteiger partial charge in [-0.05, 0) is 59.7 Å². The normalized spacial score (nSPS) is 67.9. The molecule has 6 bridgehead atoms. The van der Waals surface area contributed by atoms with E-state index in [2.05, 4.69) is 45.2 Å². The van der Waals surface area contributed by atoms with Crippen molar-refractivity contribution in [3.05, 3.63) is 5.21 Å². The van der Waals surface area contributed by atoms with Crippen LogP contribution in [0.25, 0.3) is 0 Å². The fourth-order valence-electron chi connectivity index (χ4n) is 7.50. The van der Waals surface area contributed by atoms with Gasteiger partial charge in [0, 0.05) is 7.85 Å². The van der Waals surface area contributed by atoms with E-state index in [1.165, 1.54) is 6.42 Å². The second kappa shape index (κ2) is 3.79. The van der Waals surface area contributed by atoms with Crippen LogP contribution in [0.5, 0.6) is 0 Å². The number of quaternary nitrogens is 1. The maximum atomic E-state index is 10.6. The Balaban J connectivity index is 1.51. The maximum absolute atomic E-state index is 10.6. The van der Waals surface area contributed by atoms with Gasteiger partial charge in [-0.1, -0.05) is 50.6 Å². The van der Waals surface area contributed by atoms with Crippen LogP contribution in [0.15, 0.2) is 0 Å². The van der Waals surface area contributed by atoms with Crippen LogP contribution in [0.2, 0.25) is 0 Å². The van der Waals surface area contributed by atoms with Crippen molar-refractivity contribution in [1.82, 2.24) is 0 Å². The highest BCUT2D eigenvalue weighted by Gasteiger charge is 2.87. The highest BCUT2D eigenvalue weighted by atomic mass is 127. The molecule has 2 N–H and O–H groups in total. The monoisotopic (exact) mass is 489 g/mol. The van der Waals surface area contributed by atoms with Crippen LogP contribution in [-0.4, -0.2) is 19.7 Å². The fourth-order valence-corrected chi connectivity index (χ4v) is 11.8. The van der Waals surface area contributed by atoms with E-state index in [0.717, 1.165) is 55.7 Å². The molecule has 6 heteroatoms. The molecule has 4 nitrogen and oxygen atoms in total. The average molecular weight is 489 g/mol. The van der Waals surface area contributed by atoms with Crippen LogP contribution in [0, 0.1) is 52.0 Å². The molecule has 0 amide bonds. The Bertz CT molecular complexity index is 446. The van der Waals surface area contributed by atoms with E-state index < -0.39 is 5.39 Å². The third-order valence-electron chi connectivity index (χ3n) is 7.33. The van der Waals surface area contributed by atoms with Gasteiger partial charge >= 0.3 is 0 Å². The number of halogens is 2. The molecule has 6 aliphatic carbocycles. The summed E-state index contributed by atoms with van der Waals surface area (Å²) in [5.74, 6) is 6.68. The second-order valence-electron chi connectivity index (χ2n) is 7.17. The van der Waals surface area contributed by atoms with Crippen molar-refractivity contribution in [3.63, 3.8) is 0 Å². The van der Waals surface area contributed by atoms with Crippen LogP contribution < -0.4 is 5.39 Å². The predicted octanol–water partition coefficient (Wildman–Crippen LogP) is 1.45. The highest BCUT2D eigenvalue weighted by molar-refractivity contribution is 14.1. The Morgan fingerprint density at radius 1 is 1.21 bits per heavy atom. The van der Waals surface area contributed by atoms with Gasteiger partial charge in [0.25, 0.3) is 0 Å². The van der Waals surface area contributed by atoms with E-state index in [4.69, 9.17) is 10.0 Å². The molecule has 0 spiro atoms. The van der Waals surface area contributed by atoms with E-state index >= 15 is 0 Å². The molecule has 11 atom stereocenters. The van der Waals surface area contributed by atoms with Gasteiger partial charge < -0.3 is 5.21 Å². The van der Waals surface area contributed by atoms with Crippen molar-refractivity contribution < 1.29 is 15.4 Å². The van der Waals surface area contributed by atoms with Gasteiger partial charge in [-0.15, -0.1) is 0 Å². The van der Waals surface area contributed by atoms with E-state index in [9.17, 15) is 5.21 Å². The van der Waals surface area contributed by atoms with Crippen molar-refractivity contribution in [1.29, 1.82) is 0 Å². The number of nitrogens with one attached hydrogen (secondary N) is 1. The largest absolute Gasteiger partial charge is 0.566 e. The standard InChI is InChI=1S/C13H17I2NO3/c14-11-8-4-3-5-7-6(4)10(11)13(9(5)8,12(7)15)1-2-19-16(17)18/h4-12,16-17H,1-3H2/t4-,5+,6-,7-,8-,9-,10+,11-,12+,13+/m0/s1. The predicted molar refractivity (Wildman–Crippen MR) is 83.8 cm³/mol. The summed E-state index contributed by atoms with van der Waals surface area (Å²) in [6.07, 6.45) is 2.47. The highest BCUT2D eigenvalue weighted by Crippen LogP contribution is 2.89. The molecule has 0 heterocycles. The summed E-state index contributed by atoms with van der Waals surface area (Å²) >= 11 is 5.44. The van der Waals surface area contributed by atoms with Crippen molar-refractivity contribution >= 4 is 45.2 Å². The van der Waals surface area contributed by atoms with Crippen molar-refractivity contribution in [2.45, 2.75) is 20.7 Å². The molecule has 0 radical (unpaired) electrons. The van der Waals surface area contributed by atoms with Gasteiger partial charge in [0.15, 0.2) is 0 Å². The molecule has 6 aliphatic rings. The van der Waals surface area contributed by atoms with E-state index in [1.807, 2.05) is 0 Å². The smallest absolute Gasteiger partial charge is 0.111 e.